The Bertz CT molecular complexity index is 888. The van der Waals surface area contributed by atoms with Crippen molar-refractivity contribution in [3.63, 3.8) is 0 Å². The van der Waals surface area contributed by atoms with E-state index in [2.05, 4.69) is 15.9 Å². The van der Waals surface area contributed by atoms with E-state index >= 15 is 0 Å². The average Bonchev–Trinajstić information content (AvgIpc) is 3.38. The number of aromatic nitrogens is 1. The van der Waals surface area contributed by atoms with Gasteiger partial charge in [0.15, 0.2) is 0 Å². The van der Waals surface area contributed by atoms with Crippen molar-refractivity contribution in [3.05, 3.63) is 51.0 Å². The maximum atomic E-state index is 11.0. The van der Waals surface area contributed by atoms with Crippen LogP contribution < -0.4 is 11.0 Å². The second kappa shape index (κ2) is 8.96. The number of halogens is 2. The zero-order valence-electron chi connectivity index (χ0n) is 14.8. The summed E-state index contributed by atoms with van der Waals surface area (Å²) in [5.41, 5.74) is 5.80. The first-order chi connectivity index (χ1) is 14.0. The monoisotopic (exact) mass is 476 g/mol. The van der Waals surface area contributed by atoms with Crippen molar-refractivity contribution >= 4 is 52.0 Å². The normalized spacial score (nSPS) is 29.6. The second-order valence-electron chi connectivity index (χ2n) is 6.41. The molecule has 4 rings (SSSR count). The molecule has 0 spiro atoms. The summed E-state index contributed by atoms with van der Waals surface area (Å²) in [6, 6.07) is 4.20. The van der Waals surface area contributed by atoms with E-state index in [4.69, 9.17) is 27.9 Å². The van der Waals surface area contributed by atoms with Crippen LogP contribution >= 0.6 is 46.3 Å². The zero-order valence-corrected chi connectivity index (χ0v) is 17.9. The molecule has 2 aliphatic heterocycles. The number of aliphatic hydroxyl groups excluding tert-OH is 3. The number of benzene rings is 1. The summed E-state index contributed by atoms with van der Waals surface area (Å²) in [5.74, 6) is 0. The third-order valence-corrected chi connectivity index (χ3v) is 7.25. The van der Waals surface area contributed by atoms with Gasteiger partial charge in [-0.25, -0.2) is 4.98 Å². The van der Waals surface area contributed by atoms with Crippen LogP contribution in [0.1, 0.15) is 5.01 Å². The topological polar surface area (TPSA) is 110 Å². The number of nitrogens with one attached hydrogen (secondary N) is 2. The van der Waals surface area contributed by atoms with E-state index in [0.717, 1.165) is 5.01 Å². The molecule has 2 aromatic rings. The van der Waals surface area contributed by atoms with E-state index in [1.807, 2.05) is 5.38 Å². The van der Waals surface area contributed by atoms with Crippen molar-refractivity contribution in [3.8, 4) is 0 Å². The van der Waals surface area contributed by atoms with E-state index in [1.165, 1.54) is 23.1 Å². The molecule has 1 aromatic carbocycles. The first-order valence-corrected chi connectivity index (χ1v) is 11.2. The lowest BCUT2D eigenvalue weighted by Crippen LogP contribution is -2.65. The highest BCUT2D eigenvalue weighted by Gasteiger charge is 2.48. The minimum absolute atomic E-state index is 0.408. The third-order valence-electron chi connectivity index (χ3n) is 4.56. The first-order valence-electron chi connectivity index (χ1n) is 8.64. The molecular formula is C17H18Cl2N4O4S2. The lowest BCUT2D eigenvalue weighted by molar-refractivity contribution is -0.189. The van der Waals surface area contributed by atoms with Crippen LogP contribution in [0.15, 0.2) is 40.9 Å². The fourth-order valence-electron chi connectivity index (χ4n) is 3.14. The molecule has 5 atom stereocenters. The van der Waals surface area contributed by atoms with Gasteiger partial charge in [-0.15, -0.1) is 16.9 Å². The molecule has 0 saturated carbocycles. The summed E-state index contributed by atoms with van der Waals surface area (Å²) in [6.45, 7) is -0.408. The third kappa shape index (κ3) is 4.36. The van der Waals surface area contributed by atoms with Crippen molar-refractivity contribution in [2.45, 2.75) is 34.7 Å². The van der Waals surface area contributed by atoms with Crippen LogP contribution in [0.2, 0.25) is 10.0 Å². The molecule has 1 fully saturated rings. The summed E-state index contributed by atoms with van der Waals surface area (Å²) in [4.78, 5) is 4.86. The Morgan fingerprint density at radius 2 is 2.10 bits per heavy atom. The molecule has 1 aromatic heterocycles. The molecule has 1 saturated heterocycles. The van der Waals surface area contributed by atoms with Gasteiger partial charge >= 0.3 is 0 Å². The van der Waals surface area contributed by atoms with E-state index in [1.54, 1.807) is 35.6 Å². The van der Waals surface area contributed by atoms with E-state index < -0.39 is 36.4 Å². The minimum atomic E-state index is -1.15. The lowest BCUT2D eigenvalue weighted by atomic mass is 9.97. The molecule has 0 aliphatic carbocycles. The molecule has 5 N–H and O–H groups in total. The Morgan fingerprint density at radius 3 is 2.83 bits per heavy atom. The molecule has 3 heterocycles. The van der Waals surface area contributed by atoms with Crippen molar-refractivity contribution in [1.82, 2.24) is 21.0 Å². The molecule has 0 amide bonds. The van der Waals surface area contributed by atoms with Crippen molar-refractivity contribution < 1.29 is 20.1 Å². The first kappa shape index (κ1) is 21.2. The lowest BCUT2D eigenvalue weighted by Gasteiger charge is -2.45. The molecule has 156 valence electrons. The van der Waals surface area contributed by atoms with Crippen molar-refractivity contribution in [2.24, 2.45) is 0 Å². The summed E-state index contributed by atoms with van der Waals surface area (Å²) < 4.78 is 5.75. The predicted octanol–water partition coefficient (Wildman–Crippen LogP) is 1.67. The molecule has 8 nitrogen and oxygen atoms in total. The Balaban J connectivity index is 1.58. The number of ether oxygens (including phenoxy) is 1. The van der Waals surface area contributed by atoms with Crippen LogP contribution in [0.4, 0.5) is 0 Å². The molecular weight excluding hydrogens is 459 g/mol. The Labute approximate surface area is 185 Å². The number of aliphatic hydroxyl groups is 3. The second-order valence-corrected chi connectivity index (χ2v) is 9.29. The van der Waals surface area contributed by atoms with Gasteiger partial charge in [0.1, 0.15) is 40.5 Å². The molecule has 12 heteroatoms. The van der Waals surface area contributed by atoms with E-state index in [9.17, 15) is 15.3 Å². The summed E-state index contributed by atoms with van der Waals surface area (Å²) in [7, 11) is 0. The molecule has 2 aliphatic rings. The smallest absolute Gasteiger partial charge is 0.142 e. The largest absolute Gasteiger partial charge is 0.394 e. The maximum absolute atomic E-state index is 11.0. The van der Waals surface area contributed by atoms with Crippen molar-refractivity contribution in [2.75, 3.05) is 6.61 Å². The summed E-state index contributed by atoms with van der Waals surface area (Å²) in [6.07, 6.45) is 0.242. The van der Waals surface area contributed by atoms with Gasteiger partial charge < -0.3 is 20.1 Å². The summed E-state index contributed by atoms with van der Waals surface area (Å²) >= 11 is 14.9. The number of hydrazine groups is 2. The number of rotatable bonds is 5. The van der Waals surface area contributed by atoms with E-state index in [-0.39, 0.29) is 0 Å². The van der Waals surface area contributed by atoms with Crippen LogP contribution in [-0.4, -0.2) is 61.7 Å². The average molecular weight is 477 g/mol. The van der Waals surface area contributed by atoms with Gasteiger partial charge in [0.25, 0.3) is 0 Å². The van der Waals surface area contributed by atoms with Crippen LogP contribution in [0.3, 0.4) is 0 Å². The fraction of sp³-hybridized carbons (Fsp3) is 0.353. The Hall–Kier alpha value is -1.08. The highest BCUT2D eigenvalue weighted by atomic mass is 35.5. The summed E-state index contributed by atoms with van der Waals surface area (Å²) in [5, 5.41) is 36.5. The van der Waals surface area contributed by atoms with Gasteiger partial charge in [-0.3, -0.25) is 10.4 Å². The minimum Gasteiger partial charge on any atom is -0.394 e. The highest BCUT2D eigenvalue weighted by molar-refractivity contribution is 8.00. The van der Waals surface area contributed by atoms with Crippen LogP contribution in [-0.2, 0) is 4.74 Å². The van der Waals surface area contributed by atoms with Crippen LogP contribution in [0, 0.1) is 0 Å². The number of thioether (sulfide) groups is 1. The van der Waals surface area contributed by atoms with Gasteiger partial charge in [0, 0.05) is 27.7 Å². The number of thiazole rings is 1. The quantitative estimate of drug-likeness (QED) is 0.439. The van der Waals surface area contributed by atoms with Crippen LogP contribution in [0.5, 0.6) is 0 Å². The molecule has 0 bridgehead atoms. The van der Waals surface area contributed by atoms with Gasteiger partial charge in [0.2, 0.25) is 0 Å². The highest BCUT2D eigenvalue weighted by Crippen LogP contribution is 2.39. The number of nitrogens with zero attached hydrogens (tertiary/aromatic N) is 2. The number of hydrogen-bond acceptors (Lipinski definition) is 10. The Kier molecular flexibility index (Phi) is 6.54. The van der Waals surface area contributed by atoms with Gasteiger partial charge in [-0.05, 0) is 18.2 Å². The molecule has 0 radical (unpaired) electrons. The molecule has 3 unspecified atom stereocenters. The van der Waals surface area contributed by atoms with Gasteiger partial charge in [0.05, 0.1) is 11.6 Å². The maximum Gasteiger partial charge on any atom is 0.142 e. The number of hydrogen-bond donors (Lipinski definition) is 5. The predicted molar refractivity (Wildman–Crippen MR) is 112 cm³/mol. The van der Waals surface area contributed by atoms with Crippen LogP contribution in [0.25, 0.3) is 5.70 Å². The van der Waals surface area contributed by atoms with Crippen molar-refractivity contribution in [1.29, 1.82) is 0 Å². The fourth-order valence-corrected chi connectivity index (χ4v) is 5.36. The molecule has 29 heavy (non-hydrogen) atoms. The Morgan fingerprint density at radius 1 is 1.28 bits per heavy atom. The zero-order chi connectivity index (χ0) is 20.5. The van der Waals surface area contributed by atoms with E-state index in [0.29, 0.717) is 20.6 Å². The SMILES string of the molecule is OCC1O[C@H](Sc2cc(Cl)ccc2Cl)C(O)C(N2C=C(c3nccs3)NN2)[C@H]1O. The van der Waals surface area contributed by atoms with Gasteiger partial charge in [-0.2, -0.15) is 0 Å². The standard InChI is InChI=1S/C17H18Cl2N4O4S2/c18-8-1-2-9(19)12(5-8)29-17-15(26)13(14(25)11(7-24)27-17)23-6-10(21-22-23)16-20-3-4-28-16/h1-6,11,13-15,17,21-22,24-26H,7H2/t11?,13?,14-,15?,17+/m0/s1. The van der Waals surface area contributed by atoms with Gasteiger partial charge in [-0.1, -0.05) is 35.0 Å².